The minimum Gasteiger partial charge on any atom is -0.495 e. The Kier molecular flexibility index (Phi) is 7.21. The van der Waals surface area contributed by atoms with E-state index in [9.17, 15) is 9.59 Å². The van der Waals surface area contributed by atoms with Gasteiger partial charge in [0.15, 0.2) is 0 Å². The molecule has 2 N–H and O–H groups in total. The number of ether oxygens (including phenoxy) is 1. The SMILES string of the molecule is COc1ccc(NC(=O)N2CCN(C(=O)[C@H]3CN(C(C)C)CCN3)CC2)cc1Cl. The van der Waals surface area contributed by atoms with Crippen molar-refractivity contribution < 1.29 is 14.3 Å². The van der Waals surface area contributed by atoms with E-state index in [-0.39, 0.29) is 18.0 Å². The number of halogens is 1. The highest BCUT2D eigenvalue weighted by atomic mass is 35.5. The van der Waals surface area contributed by atoms with Crippen LogP contribution in [0.15, 0.2) is 18.2 Å². The van der Waals surface area contributed by atoms with Gasteiger partial charge in [-0.3, -0.25) is 9.69 Å². The van der Waals surface area contributed by atoms with Crippen molar-refractivity contribution in [3.63, 3.8) is 0 Å². The number of carbonyl (C=O) groups excluding carboxylic acids is 2. The van der Waals surface area contributed by atoms with E-state index in [1.54, 1.807) is 30.2 Å². The molecule has 2 saturated heterocycles. The van der Waals surface area contributed by atoms with Crippen LogP contribution < -0.4 is 15.4 Å². The van der Waals surface area contributed by atoms with E-state index in [4.69, 9.17) is 16.3 Å². The van der Waals surface area contributed by atoms with Crippen LogP contribution in [0.25, 0.3) is 0 Å². The van der Waals surface area contributed by atoms with Gasteiger partial charge in [-0.25, -0.2) is 4.79 Å². The maximum Gasteiger partial charge on any atom is 0.321 e. The molecule has 0 radical (unpaired) electrons. The molecule has 3 amide bonds. The summed E-state index contributed by atoms with van der Waals surface area (Å²) in [5.41, 5.74) is 0.611. The molecule has 2 aliphatic rings. The molecule has 160 valence electrons. The fourth-order valence-corrected chi connectivity index (χ4v) is 3.96. The second-order valence-electron chi connectivity index (χ2n) is 7.69. The minimum absolute atomic E-state index is 0.123. The molecule has 1 atom stereocenters. The lowest BCUT2D eigenvalue weighted by Crippen LogP contribution is -2.61. The Labute approximate surface area is 177 Å². The molecular formula is C20H30ClN5O3. The van der Waals surface area contributed by atoms with E-state index >= 15 is 0 Å². The van der Waals surface area contributed by atoms with Gasteiger partial charge in [-0.2, -0.15) is 0 Å². The highest BCUT2D eigenvalue weighted by Crippen LogP contribution is 2.27. The van der Waals surface area contributed by atoms with Crippen LogP contribution in [0, 0.1) is 0 Å². The lowest BCUT2D eigenvalue weighted by Gasteiger charge is -2.40. The van der Waals surface area contributed by atoms with Gasteiger partial charge in [0.2, 0.25) is 5.91 Å². The molecule has 3 rings (SSSR count). The van der Waals surface area contributed by atoms with Gasteiger partial charge in [-0.15, -0.1) is 0 Å². The van der Waals surface area contributed by atoms with Crippen LogP contribution in [0.2, 0.25) is 5.02 Å². The molecule has 1 aromatic rings. The predicted molar refractivity (Wildman–Crippen MR) is 114 cm³/mol. The molecule has 0 unspecified atom stereocenters. The Hall–Kier alpha value is -2.03. The van der Waals surface area contributed by atoms with Crippen molar-refractivity contribution in [2.75, 3.05) is 58.2 Å². The average Bonchev–Trinajstić information content (AvgIpc) is 2.73. The Bertz CT molecular complexity index is 737. The summed E-state index contributed by atoms with van der Waals surface area (Å²) in [5.74, 6) is 0.682. The summed E-state index contributed by atoms with van der Waals surface area (Å²) in [6.45, 7) is 8.90. The third-order valence-corrected chi connectivity index (χ3v) is 5.81. The number of nitrogens with zero attached hydrogens (tertiary/aromatic N) is 3. The van der Waals surface area contributed by atoms with E-state index in [0.29, 0.717) is 48.7 Å². The highest BCUT2D eigenvalue weighted by molar-refractivity contribution is 6.32. The van der Waals surface area contributed by atoms with Crippen molar-refractivity contribution in [2.45, 2.75) is 25.9 Å². The van der Waals surface area contributed by atoms with Crippen molar-refractivity contribution >= 4 is 29.2 Å². The summed E-state index contributed by atoms with van der Waals surface area (Å²) in [4.78, 5) is 31.3. The maximum atomic E-state index is 12.9. The monoisotopic (exact) mass is 423 g/mol. The van der Waals surface area contributed by atoms with Gasteiger partial charge in [0.1, 0.15) is 5.75 Å². The van der Waals surface area contributed by atoms with E-state index in [1.807, 2.05) is 4.90 Å². The van der Waals surface area contributed by atoms with E-state index in [2.05, 4.69) is 29.4 Å². The van der Waals surface area contributed by atoms with E-state index < -0.39 is 0 Å². The van der Waals surface area contributed by atoms with Gasteiger partial charge in [0.25, 0.3) is 0 Å². The maximum absolute atomic E-state index is 12.9. The quantitative estimate of drug-likeness (QED) is 0.770. The van der Waals surface area contributed by atoms with Crippen molar-refractivity contribution in [2.24, 2.45) is 0 Å². The largest absolute Gasteiger partial charge is 0.495 e. The zero-order valence-corrected chi connectivity index (χ0v) is 18.0. The summed E-state index contributed by atoms with van der Waals surface area (Å²) in [5, 5.41) is 6.63. The minimum atomic E-state index is -0.194. The van der Waals surface area contributed by atoms with Gasteiger partial charge in [0.05, 0.1) is 18.2 Å². The van der Waals surface area contributed by atoms with Gasteiger partial charge in [0, 0.05) is 57.5 Å². The Morgan fingerprint density at radius 2 is 1.86 bits per heavy atom. The molecule has 9 heteroatoms. The lowest BCUT2D eigenvalue weighted by atomic mass is 10.1. The third kappa shape index (κ3) is 5.32. The zero-order valence-electron chi connectivity index (χ0n) is 17.3. The summed E-state index contributed by atoms with van der Waals surface area (Å²) in [6.07, 6.45) is 0. The molecule has 29 heavy (non-hydrogen) atoms. The number of hydrogen-bond donors (Lipinski definition) is 2. The van der Waals surface area contributed by atoms with Crippen LogP contribution >= 0.6 is 11.6 Å². The topological polar surface area (TPSA) is 77.2 Å². The molecule has 0 bridgehead atoms. The first kappa shape index (κ1) is 21.7. The first-order valence-corrected chi connectivity index (χ1v) is 10.4. The number of rotatable bonds is 4. The van der Waals surface area contributed by atoms with Crippen molar-refractivity contribution in [3.05, 3.63) is 23.2 Å². The molecule has 2 aliphatic heterocycles. The van der Waals surface area contributed by atoms with Gasteiger partial charge in [-0.05, 0) is 32.0 Å². The second kappa shape index (κ2) is 9.65. The standard InChI is InChI=1S/C20H30ClN5O3/c1-14(2)26-7-6-22-17(13-26)19(27)24-8-10-25(11-9-24)20(28)23-15-4-5-18(29-3)16(21)12-15/h4-5,12,14,17,22H,6-11,13H2,1-3H3,(H,23,28)/t17-/m1/s1. The van der Waals surface area contributed by atoms with E-state index in [1.165, 1.54) is 0 Å². The number of piperazine rings is 2. The fourth-order valence-electron chi connectivity index (χ4n) is 3.70. The summed E-state index contributed by atoms with van der Waals surface area (Å²) >= 11 is 6.11. The smallest absolute Gasteiger partial charge is 0.321 e. The molecule has 2 heterocycles. The summed E-state index contributed by atoms with van der Waals surface area (Å²) in [6, 6.07) is 5.18. The molecular weight excluding hydrogens is 394 g/mol. The Morgan fingerprint density at radius 1 is 1.17 bits per heavy atom. The molecule has 0 spiro atoms. The lowest BCUT2D eigenvalue weighted by molar-refractivity contribution is -0.136. The van der Waals surface area contributed by atoms with E-state index in [0.717, 1.165) is 19.6 Å². The normalized spacial score (nSPS) is 20.7. The second-order valence-corrected chi connectivity index (χ2v) is 8.09. The Morgan fingerprint density at radius 3 is 2.48 bits per heavy atom. The van der Waals surface area contributed by atoms with Crippen molar-refractivity contribution in [3.8, 4) is 5.75 Å². The number of anilines is 1. The third-order valence-electron chi connectivity index (χ3n) is 5.52. The molecule has 2 fully saturated rings. The number of methoxy groups -OCH3 is 1. The average molecular weight is 424 g/mol. The van der Waals surface area contributed by atoms with Crippen LogP contribution in [0.5, 0.6) is 5.75 Å². The van der Waals surface area contributed by atoms with Crippen LogP contribution in [0.4, 0.5) is 10.5 Å². The zero-order chi connectivity index (χ0) is 21.0. The molecule has 0 aromatic heterocycles. The van der Waals surface area contributed by atoms with Crippen LogP contribution in [0.3, 0.4) is 0 Å². The first-order chi connectivity index (χ1) is 13.9. The molecule has 0 saturated carbocycles. The Balaban J connectivity index is 1.50. The first-order valence-electron chi connectivity index (χ1n) is 10.0. The van der Waals surface area contributed by atoms with Crippen LogP contribution in [-0.2, 0) is 4.79 Å². The van der Waals surface area contributed by atoms with Crippen molar-refractivity contribution in [1.82, 2.24) is 20.0 Å². The molecule has 8 nitrogen and oxygen atoms in total. The molecule has 0 aliphatic carbocycles. The number of hydrogen-bond acceptors (Lipinski definition) is 5. The van der Waals surface area contributed by atoms with Crippen molar-refractivity contribution in [1.29, 1.82) is 0 Å². The molecule has 1 aromatic carbocycles. The number of benzene rings is 1. The van der Waals surface area contributed by atoms with Crippen LogP contribution in [-0.4, -0.2) is 91.6 Å². The number of urea groups is 1. The number of amides is 3. The summed E-state index contributed by atoms with van der Waals surface area (Å²) in [7, 11) is 1.55. The van der Waals surface area contributed by atoms with Gasteiger partial charge < -0.3 is 25.2 Å². The highest BCUT2D eigenvalue weighted by Gasteiger charge is 2.32. The number of nitrogens with one attached hydrogen (secondary N) is 2. The van der Waals surface area contributed by atoms with Crippen LogP contribution in [0.1, 0.15) is 13.8 Å². The fraction of sp³-hybridized carbons (Fsp3) is 0.600. The van der Waals surface area contributed by atoms with Gasteiger partial charge >= 0.3 is 6.03 Å². The number of carbonyl (C=O) groups is 2. The predicted octanol–water partition coefficient (Wildman–Crippen LogP) is 1.71. The summed E-state index contributed by atoms with van der Waals surface area (Å²) < 4.78 is 5.12. The van der Waals surface area contributed by atoms with Gasteiger partial charge in [-0.1, -0.05) is 11.6 Å².